The molecule has 174 valence electrons. The number of pyridine rings is 1. The first kappa shape index (κ1) is 21.6. The molecule has 1 unspecified atom stereocenters. The van der Waals surface area contributed by atoms with Crippen molar-refractivity contribution in [3.8, 4) is 11.1 Å². The van der Waals surface area contributed by atoms with E-state index < -0.39 is 17.8 Å². The Bertz CT molecular complexity index is 1120. The van der Waals surface area contributed by atoms with E-state index in [1.54, 1.807) is 23.9 Å². The van der Waals surface area contributed by atoms with Gasteiger partial charge in [-0.05, 0) is 38.0 Å². The fourth-order valence-corrected chi connectivity index (χ4v) is 4.81. The van der Waals surface area contributed by atoms with Crippen LogP contribution in [0.25, 0.3) is 11.1 Å². The molecule has 2 aliphatic heterocycles. The Labute approximate surface area is 192 Å². The predicted octanol–water partition coefficient (Wildman–Crippen LogP) is 2.82. The van der Waals surface area contributed by atoms with E-state index in [0.717, 1.165) is 35.3 Å². The lowest BCUT2D eigenvalue weighted by atomic mass is 9.94. The topological polar surface area (TPSA) is 89.5 Å². The number of ether oxygens (including phenoxy) is 1. The summed E-state index contributed by atoms with van der Waals surface area (Å²) in [6.07, 6.45) is 10.00. The molecule has 5 rings (SSSR count). The van der Waals surface area contributed by atoms with Gasteiger partial charge in [0.05, 0.1) is 43.1 Å². The zero-order chi connectivity index (χ0) is 23.1. The molecule has 2 atom stereocenters. The summed E-state index contributed by atoms with van der Waals surface area (Å²) < 4.78 is 22.3. The van der Waals surface area contributed by atoms with E-state index in [2.05, 4.69) is 15.0 Å². The van der Waals surface area contributed by atoms with Crippen molar-refractivity contribution in [1.82, 2.24) is 19.7 Å². The predicted molar refractivity (Wildman–Crippen MR) is 124 cm³/mol. The number of halogens is 1. The largest absolute Gasteiger partial charge is 0.382 e. The summed E-state index contributed by atoms with van der Waals surface area (Å²) in [6, 6.07) is 1.74. The van der Waals surface area contributed by atoms with Crippen LogP contribution in [0.2, 0.25) is 0 Å². The number of fused-ring (bicyclic) bond motifs is 6. The van der Waals surface area contributed by atoms with Crippen LogP contribution in [0.4, 0.5) is 15.9 Å². The van der Waals surface area contributed by atoms with Gasteiger partial charge < -0.3 is 20.3 Å². The number of nitrogens with zero attached hydrogens (tertiary/aromatic N) is 5. The van der Waals surface area contributed by atoms with Gasteiger partial charge in [0, 0.05) is 43.2 Å². The number of aryl methyl sites for hydroxylation is 1. The first-order valence-corrected chi connectivity index (χ1v) is 11.4. The Balaban J connectivity index is 1.71. The molecule has 1 saturated carbocycles. The molecular weight excluding hydrogens is 423 g/mol. The number of morpholine rings is 1. The summed E-state index contributed by atoms with van der Waals surface area (Å²) in [5.74, 6) is -0.921. The molecule has 4 heterocycles. The molecule has 2 aromatic rings. The van der Waals surface area contributed by atoms with Crippen molar-refractivity contribution in [3.63, 3.8) is 0 Å². The first-order chi connectivity index (χ1) is 16.0. The highest BCUT2D eigenvalue weighted by Gasteiger charge is 2.42. The number of anilines is 2. The van der Waals surface area contributed by atoms with Gasteiger partial charge in [0.25, 0.3) is 0 Å². The summed E-state index contributed by atoms with van der Waals surface area (Å²) >= 11 is 0. The second-order valence-corrected chi connectivity index (χ2v) is 8.90. The first-order valence-electron chi connectivity index (χ1n) is 11.4. The summed E-state index contributed by atoms with van der Waals surface area (Å²) in [5, 5.41) is 4.66. The number of carbonyl (C=O) groups is 1. The molecule has 8 nitrogen and oxygen atoms in total. The summed E-state index contributed by atoms with van der Waals surface area (Å²) in [4.78, 5) is 22.4. The molecule has 0 radical (unpaired) electrons. The third-order valence-electron chi connectivity index (χ3n) is 6.54. The van der Waals surface area contributed by atoms with E-state index in [4.69, 9.17) is 10.5 Å². The van der Waals surface area contributed by atoms with E-state index in [0.29, 0.717) is 32.1 Å². The van der Waals surface area contributed by atoms with Gasteiger partial charge in [-0.1, -0.05) is 6.08 Å². The Morgan fingerprint density at radius 1 is 1.33 bits per heavy atom. The molecule has 2 aromatic heterocycles. The molecule has 1 amide bonds. The Morgan fingerprint density at radius 2 is 2.15 bits per heavy atom. The maximum atomic E-state index is 14.8. The number of hydrogen-bond acceptors (Lipinski definition) is 6. The van der Waals surface area contributed by atoms with Crippen molar-refractivity contribution < 1.29 is 13.9 Å². The van der Waals surface area contributed by atoms with Crippen molar-refractivity contribution >= 4 is 17.4 Å². The quantitative estimate of drug-likeness (QED) is 0.721. The maximum Gasteiger partial charge on any atom is 0.232 e. The molecule has 2 N–H and O–H groups in total. The number of rotatable bonds is 3. The SMILES string of the molecule is C/C=C\C(F)=C/C1C(=O)N(C2CC2)Cc2nn(C)cc2-c2cnc(N)c(c2)N2CCOC[C@H]12. The van der Waals surface area contributed by atoms with Crippen molar-refractivity contribution in [2.75, 3.05) is 30.4 Å². The second kappa shape index (κ2) is 8.62. The lowest BCUT2D eigenvalue weighted by Gasteiger charge is -2.41. The van der Waals surface area contributed by atoms with E-state index in [1.807, 2.05) is 24.2 Å². The van der Waals surface area contributed by atoms with E-state index in [1.165, 1.54) is 12.2 Å². The fraction of sp³-hybridized carbons (Fsp3) is 0.458. The molecule has 2 bridgehead atoms. The highest BCUT2D eigenvalue weighted by atomic mass is 19.1. The van der Waals surface area contributed by atoms with Crippen molar-refractivity contribution in [3.05, 3.63) is 48.2 Å². The van der Waals surface area contributed by atoms with Crippen molar-refractivity contribution in [2.45, 2.75) is 38.4 Å². The van der Waals surface area contributed by atoms with E-state index >= 15 is 0 Å². The average Bonchev–Trinajstić information content (AvgIpc) is 3.58. The molecular formula is C24H29FN6O2. The minimum Gasteiger partial charge on any atom is -0.382 e. The third-order valence-corrected chi connectivity index (χ3v) is 6.54. The van der Waals surface area contributed by atoms with Crippen molar-refractivity contribution in [1.29, 1.82) is 0 Å². The van der Waals surface area contributed by atoms with Gasteiger partial charge in [0.15, 0.2) is 0 Å². The maximum absolute atomic E-state index is 14.8. The van der Waals surface area contributed by atoms with Gasteiger partial charge in [0.1, 0.15) is 11.6 Å². The van der Waals surface area contributed by atoms with Crippen LogP contribution in [0.15, 0.2) is 42.5 Å². The number of aromatic nitrogens is 3. The molecule has 9 heteroatoms. The number of hydrogen-bond donors (Lipinski definition) is 1. The zero-order valence-electron chi connectivity index (χ0n) is 18.9. The Morgan fingerprint density at radius 3 is 2.91 bits per heavy atom. The lowest BCUT2D eigenvalue weighted by Crippen LogP contribution is -2.54. The molecule has 0 spiro atoms. The van der Waals surface area contributed by atoms with Gasteiger partial charge in [0.2, 0.25) is 5.91 Å². The number of nitrogen functional groups attached to an aromatic ring is 1. The number of allylic oxidation sites excluding steroid dienone is 3. The van der Waals surface area contributed by atoms with Crippen LogP contribution in [0.5, 0.6) is 0 Å². The molecule has 1 aliphatic carbocycles. The normalized spacial score (nSPS) is 24.0. The molecule has 0 aromatic carbocycles. The van der Waals surface area contributed by atoms with Crippen LogP contribution < -0.4 is 10.6 Å². The Kier molecular flexibility index (Phi) is 5.65. The summed E-state index contributed by atoms with van der Waals surface area (Å²) in [6.45, 7) is 3.44. The van der Waals surface area contributed by atoms with Gasteiger partial charge in [-0.15, -0.1) is 0 Å². The van der Waals surface area contributed by atoms with Crippen LogP contribution in [0, 0.1) is 5.92 Å². The molecule has 1 saturated heterocycles. The van der Waals surface area contributed by atoms with Gasteiger partial charge in [-0.2, -0.15) is 5.10 Å². The third kappa shape index (κ3) is 4.13. The van der Waals surface area contributed by atoms with Gasteiger partial charge in [-0.3, -0.25) is 9.48 Å². The molecule has 3 aliphatic rings. The lowest BCUT2D eigenvalue weighted by molar-refractivity contribution is -0.136. The standard InChI is InChI=1S/C24H29FN6O2/c1-3-4-16(25)10-18-22-14-33-8-7-30(22)21-9-15(11-27-23(21)26)19-12-29(2)28-20(19)13-31(24(18)32)17-5-6-17/h3-4,9-12,17-18,22H,5-8,13-14H2,1-2H3,(H2,26,27)/b4-3-,16-10+/t18?,22-/m1/s1. The summed E-state index contributed by atoms with van der Waals surface area (Å²) in [7, 11) is 1.86. The van der Waals surface area contributed by atoms with Crippen LogP contribution in [0.3, 0.4) is 0 Å². The van der Waals surface area contributed by atoms with Gasteiger partial charge >= 0.3 is 0 Å². The van der Waals surface area contributed by atoms with Crippen LogP contribution in [-0.2, 0) is 23.1 Å². The van der Waals surface area contributed by atoms with E-state index in [9.17, 15) is 9.18 Å². The minimum atomic E-state index is -0.740. The number of amides is 1. The number of nitrogens with two attached hydrogens (primary N) is 1. The smallest absolute Gasteiger partial charge is 0.232 e. The van der Waals surface area contributed by atoms with Crippen molar-refractivity contribution in [2.24, 2.45) is 13.0 Å². The van der Waals surface area contributed by atoms with Crippen LogP contribution in [-0.4, -0.2) is 57.4 Å². The van der Waals surface area contributed by atoms with Crippen LogP contribution in [0.1, 0.15) is 25.5 Å². The second-order valence-electron chi connectivity index (χ2n) is 8.90. The highest BCUT2D eigenvalue weighted by Crippen LogP contribution is 2.38. The Hall–Kier alpha value is -3.20. The number of carbonyl (C=O) groups excluding carboxylic acids is 1. The zero-order valence-corrected chi connectivity index (χ0v) is 18.9. The fourth-order valence-electron chi connectivity index (χ4n) is 4.81. The van der Waals surface area contributed by atoms with Crippen LogP contribution >= 0.6 is 0 Å². The average molecular weight is 453 g/mol. The van der Waals surface area contributed by atoms with Gasteiger partial charge in [-0.25, -0.2) is 9.37 Å². The van der Waals surface area contributed by atoms with E-state index in [-0.39, 0.29) is 11.9 Å². The molecule has 33 heavy (non-hydrogen) atoms. The monoisotopic (exact) mass is 452 g/mol. The molecule has 2 fully saturated rings. The summed E-state index contributed by atoms with van der Waals surface area (Å²) in [5.41, 5.74) is 9.66. The highest BCUT2D eigenvalue weighted by molar-refractivity contribution is 5.84. The minimum absolute atomic E-state index is 0.115.